The lowest BCUT2D eigenvalue weighted by molar-refractivity contribution is 0.407. The Bertz CT molecular complexity index is 525. The van der Waals surface area contributed by atoms with Gasteiger partial charge in [0.15, 0.2) is 4.67 Å². The molecule has 2 N–H and O–H groups in total. The number of methoxy groups -OCH3 is 1. The Kier molecular flexibility index (Phi) is 3.91. The molecule has 2 aromatic rings. The van der Waals surface area contributed by atoms with Crippen LogP contribution in [0.4, 0.5) is 0 Å². The molecule has 1 atom stereocenters. The number of hydrogen-bond acceptors (Lipinski definition) is 3. The molecule has 0 saturated heterocycles. The summed E-state index contributed by atoms with van der Waals surface area (Å²) in [6.45, 7) is 0. The highest BCUT2D eigenvalue weighted by Gasteiger charge is 2.18. The van der Waals surface area contributed by atoms with Crippen molar-refractivity contribution in [2.45, 2.75) is 6.04 Å². The molecule has 1 aromatic carbocycles. The lowest BCUT2D eigenvalue weighted by Crippen LogP contribution is -2.12. The zero-order valence-corrected chi connectivity index (χ0v) is 12.3. The number of furan rings is 1. The van der Waals surface area contributed by atoms with Crippen LogP contribution in [-0.2, 0) is 0 Å². The fourth-order valence-corrected chi connectivity index (χ4v) is 2.51. The van der Waals surface area contributed by atoms with Gasteiger partial charge in [-0.05, 0) is 40.2 Å². The van der Waals surface area contributed by atoms with Gasteiger partial charge in [-0.3, -0.25) is 0 Å². The van der Waals surface area contributed by atoms with Crippen molar-refractivity contribution in [1.29, 1.82) is 0 Å². The van der Waals surface area contributed by atoms with Crippen LogP contribution in [0.25, 0.3) is 0 Å². The van der Waals surface area contributed by atoms with Gasteiger partial charge < -0.3 is 14.9 Å². The summed E-state index contributed by atoms with van der Waals surface area (Å²) in [4.78, 5) is 0. The summed E-state index contributed by atoms with van der Waals surface area (Å²) >= 11 is 6.76. The smallest absolute Gasteiger partial charge is 0.174 e. The van der Waals surface area contributed by atoms with Crippen molar-refractivity contribution in [3.63, 3.8) is 0 Å². The quantitative estimate of drug-likeness (QED) is 0.903. The van der Waals surface area contributed by atoms with Gasteiger partial charge in [0.25, 0.3) is 0 Å². The van der Waals surface area contributed by atoms with E-state index >= 15 is 0 Å². The van der Waals surface area contributed by atoms with E-state index in [0.29, 0.717) is 4.67 Å². The number of hydrogen-bond donors (Lipinski definition) is 1. The van der Waals surface area contributed by atoms with Crippen LogP contribution in [0.2, 0.25) is 0 Å². The van der Waals surface area contributed by atoms with Gasteiger partial charge >= 0.3 is 0 Å². The molecule has 0 radical (unpaired) electrons. The highest BCUT2D eigenvalue weighted by atomic mass is 79.9. The van der Waals surface area contributed by atoms with Gasteiger partial charge in [0.05, 0.1) is 19.4 Å². The third kappa shape index (κ3) is 2.56. The second-order valence-corrected chi connectivity index (χ2v) is 5.15. The fourth-order valence-electron chi connectivity index (χ4n) is 1.64. The number of rotatable bonds is 3. The molecule has 3 nitrogen and oxygen atoms in total. The van der Waals surface area contributed by atoms with Gasteiger partial charge in [-0.2, -0.15) is 0 Å². The molecule has 0 aliphatic heterocycles. The zero-order chi connectivity index (χ0) is 12.4. The van der Waals surface area contributed by atoms with Crippen LogP contribution in [-0.4, -0.2) is 7.11 Å². The Balaban J connectivity index is 2.46. The lowest BCUT2D eigenvalue weighted by Gasteiger charge is -2.15. The molecular formula is C12H11Br2NO2. The molecule has 0 fully saturated rings. The molecule has 0 aliphatic rings. The first-order valence-electron chi connectivity index (χ1n) is 4.95. The summed E-state index contributed by atoms with van der Waals surface area (Å²) in [7, 11) is 1.63. The Morgan fingerprint density at radius 3 is 2.59 bits per heavy atom. The van der Waals surface area contributed by atoms with Gasteiger partial charge in [0, 0.05) is 15.6 Å². The second kappa shape index (κ2) is 5.25. The van der Waals surface area contributed by atoms with Crippen molar-refractivity contribution in [1.82, 2.24) is 0 Å². The van der Waals surface area contributed by atoms with Crippen LogP contribution in [0, 0.1) is 0 Å². The monoisotopic (exact) mass is 359 g/mol. The first-order valence-corrected chi connectivity index (χ1v) is 6.54. The molecule has 0 spiro atoms. The Labute approximate surface area is 116 Å². The Morgan fingerprint density at radius 2 is 2.00 bits per heavy atom. The maximum absolute atomic E-state index is 6.22. The van der Waals surface area contributed by atoms with Crippen molar-refractivity contribution in [3.8, 4) is 5.75 Å². The van der Waals surface area contributed by atoms with E-state index in [1.165, 1.54) is 0 Å². The summed E-state index contributed by atoms with van der Waals surface area (Å²) in [6, 6.07) is 7.29. The summed E-state index contributed by atoms with van der Waals surface area (Å²) < 4.78 is 12.1. The predicted molar refractivity (Wildman–Crippen MR) is 73.1 cm³/mol. The van der Waals surface area contributed by atoms with E-state index < -0.39 is 0 Å². The molecule has 0 saturated carbocycles. The van der Waals surface area contributed by atoms with Crippen LogP contribution in [0.1, 0.15) is 17.2 Å². The van der Waals surface area contributed by atoms with E-state index in [1.54, 1.807) is 13.4 Å². The molecule has 1 unspecified atom stereocenters. The fraction of sp³-hybridized carbons (Fsp3) is 0.167. The van der Waals surface area contributed by atoms with Gasteiger partial charge in [-0.1, -0.05) is 15.9 Å². The van der Waals surface area contributed by atoms with Crippen LogP contribution in [0.3, 0.4) is 0 Å². The number of halogens is 2. The highest BCUT2D eigenvalue weighted by Crippen LogP contribution is 2.34. The minimum Gasteiger partial charge on any atom is -0.496 e. The van der Waals surface area contributed by atoms with Gasteiger partial charge in [-0.25, -0.2) is 0 Å². The topological polar surface area (TPSA) is 48.4 Å². The van der Waals surface area contributed by atoms with Crippen LogP contribution in [0.5, 0.6) is 5.75 Å². The summed E-state index contributed by atoms with van der Waals surface area (Å²) in [5, 5.41) is 0. The SMILES string of the molecule is COc1ccc(Br)cc1C(N)c1ccoc1Br. The molecule has 0 bridgehead atoms. The first kappa shape index (κ1) is 12.7. The maximum Gasteiger partial charge on any atom is 0.174 e. The first-order chi connectivity index (χ1) is 8.13. The zero-order valence-electron chi connectivity index (χ0n) is 9.11. The maximum atomic E-state index is 6.22. The van der Waals surface area contributed by atoms with Crippen molar-refractivity contribution in [2.24, 2.45) is 5.73 Å². The highest BCUT2D eigenvalue weighted by molar-refractivity contribution is 9.10. The Hall–Kier alpha value is -0.780. The molecule has 90 valence electrons. The number of ether oxygens (including phenoxy) is 1. The van der Waals surface area contributed by atoms with E-state index in [9.17, 15) is 0 Å². The van der Waals surface area contributed by atoms with E-state index in [1.807, 2.05) is 24.3 Å². The summed E-state index contributed by atoms with van der Waals surface area (Å²) in [5.41, 5.74) is 8.01. The van der Waals surface area contributed by atoms with E-state index in [2.05, 4.69) is 31.9 Å². The number of benzene rings is 1. The average Bonchev–Trinajstić information content (AvgIpc) is 2.74. The van der Waals surface area contributed by atoms with E-state index in [-0.39, 0.29) is 6.04 Å². The average molecular weight is 361 g/mol. The number of nitrogens with two attached hydrogens (primary N) is 1. The molecule has 17 heavy (non-hydrogen) atoms. The van der Waals surface area contributed by atoms with Gasteiger partial charge in [0.1, 0.15) is 5.75 Å². The predicted octanol–water partition coefficient (Wildman–Crippen LogP) is 3.86. The van der Waals surface area contributed by atoms with Crippen molar-refractivity contribution >= 4 is 31.9 Å². The van der Waals surface area contributed by atoms with Crippen molar-refractivity contribution in [3.05, 3.63) is 50.8 Å². The lowest BCUT2D eigenvalue weighted by atomic mass is 10.0. The summed E-state index contributed by atoms with van der Waals surface area (Å²) in [5.74, 6) is 0.758. The third-order valence-corrected chi connectivity index (χ3v) is 3.65. The van der Waals surface area contributed by atoms with Crippen LogP contribution < -0.4 is 10.5 Å². The van der Waals surface area contributed by atoms with E-state index in [0.717, 1.165) is 21.3 Å². The third-order valence-electron chi connectivity index (χ3n) is 2.51. The second-order valence-electron chi connectivity index (χ2n) is 3.51. The van der Waals surface area contributed by atoms with Crippen LogP contribution in [0.15, 0.2) is 44.1 Å². The minimum absolute atomic E-state index is 0.296. The molecule has 2 rings (SSSR count). The largest absolute Gasteiger partial charge is 0.496 e. The van der Waals surface area contributed by atoms with Crippen LogP contribution >= 0.6 is 31.9 Å². The minimum atomic E-state index is -0.296. The summed E-state index contributed by atoms with van der Waals surface area (Å²) in [6.07, 6.45) is 1.60. The standard InChI is InChI=1S/C12H11Br2NO2/c1-16-10-3-2-7(13)6-9(10)11(15)8-4-5-17-12(8)14/h2-6,11H,15H2,1H3. The molecule has 0 aliphatic carbocycles. The Morgan fingerprint density at radius 1 is 1.24 bits per heavy atom. The van der Waals surface area contributed by atoms with Crippen molar-refractivity contribution in [2.75, 3.05) is 7.11 Å². The van der Waals surface area contributed by atoms with E-state index in [4.69, 9.17) is 14.9 Å². The van der Waals surface area contributed by atoms with Gasteiger partial charge in [0.2, 0.25) is 0 Å². The van der Waals surface area contributed by atoms with Gasteiger partial charge in [-0.15, -0.1) is 0 Å². The normalized spacial score (nSPS) is 12.5. The molecule has 5 heteroatoms. The van der Waals surface area contributed by atoms with Crippen molar-refractivity contribution < 1.29 is 9.15 Å². The molecular weight excluding hydrogens is 350 g/mol. The molecule has 1 aromatic heterocycles. The molecule has 0 amide bonds. The molecule has 1 heterocycles.